The van der Waals surface area contributed by atoms with E-state index >= 15 is 0 Å². The van der Waals surface area contributed by atoms with Crippen molar-refractivity contribution in [2.45, 2.75) is 43.6 Å². The molecule has 6 nitrogen and oxygen atoms in total. The molecule has 34 heavy (non-hydrogen) atoms. The van der Waals surface area contributed by atoms with Crippen molar-refractivity contribution in [1.29, 1.82) is 0 Å². The molecule has 0 aromatic heterocycles. The van der Waals surface area contributed by atoms with Gasteiger partial charge in [0.2, 0.25) is 5.91 Å². The number of carbonyl (C=O) groups excluding carboxylic acids is 1. The van der Waals surface area contributed by atoms with E-state index in [4.69, 9.17) is 5.73 Å². The molecule has 0 radical (unpaired) electrons. The van der Waals surface area contributed by atoms with Gasteiger partial charge in [0.05, 0.1) is 4.92 Å². The number of primary amides is 1. The van der Waals surface area contributed by atoms with Crippen molar-refractivity contribution in [3.63, 3.8) is 0 Å². The third kappa shape index (κ3) is 4.87. The van der Waals surface area contributed by atoms with Crippen LogP contribution in [0.25, 0.3) is 0 Å². The largest absolute Gasteiger partial charge is 0.369 e. The third-order valence-corrected chi connectivity index (χ3v) is 7.11. The van der Waals surface area contributed by atoms with Gasteiger partial charge in [-0.25, -0.2) is 0 Å². The fourth-order valence-electron chi connectivity index (χ4n) is 5.47. The molecule has 176 valence electrons. The molecule has 0 saturated heterocycles. The van der Waals surface area contributed by atoms with Gasteiger partial charge in [-0.15, -0.1) is 0 Å². The van der Waals surface area contributed by atoms with Crippen LogP contribution in [0.5, 0.6) is 0 Å². The van der Waals surface area contributed by atoms with Crippen molar-refractivity contribution < 1.29 is 9.72 Å². The Morgan fingerprint density at radius 2 is 1.53 bits per heavy atom. The summed E-state index contributed by atoms with van der Waals surface area (Å²) in [7, 11) is 0. The highest BCUT2D eigenvalue weighted by Crippen LogP contribution is 2.46. The fraction of sp³-hybridized carbons (Fsp3) is 0.321. The summed E-state index contributed by atoms with van der Waals surface area (Å²) in [5.74, 6) is -0.185. The minimum absolute atomic E-state index is 0.113. The molecule has 0 bridgehead atoms. The maximum atomic E-state index is 13.2. The minimum Gasteiger partial charge on any atom is -0.369 e. The van der Waals surface area contributed by atoms with Crippen molar-refractivity contribution >= 4 is 11.6 Å². The molecular weight excluding hydrogens is 426 g/mol. The van der Waals surface area contributed by atoms with E-state index in [2.05, 4.69) is 5.32 Å². The zero-order valence-electron chi connectivity index (χ0n) is 19.2. The van der Waals surface area contributed by atoms with Crippen molar-refractivity contribution in [3.05, 3.63) is 112 Å². The second kappa shape index (κ2) is 10.6. The smallest absolute Gasteiger partial charge is 0.269 e. The van der Waals surface area contributed by atoms with Gasteiger partial charge in [-0.2, -0.15) is 0 Å². The second-order valence-corrected chi connectivity index (χ2v) is 9.09. The molecule has 3 N–H and O–H groups in total. The molecule has 6 heteroatoms. The molecule has 1 fully saturated rings. The maximum Gasteiger partial charge on any atom is 0.269 e. The lowest BCUT2D eigenvalue weighted by Crippen LogP contribution is -2.48. The summed E-state index contributed by atoms with van der Waals surface area (Å²) >= 11 is 0. The number of nitrogens with one attached hydrogen (secondary N) is 1. The Labute approximate surface area is 200 Å². The van der Waals surface area contributed by atoms with Crippen LogP contribution in [0.2, 0.25) is 0 Å². The summed E-state index contributed by atoms with van der Waals surface area (Å²) in [6, 6.07) is 27.0. The van der Waals surface area contributed by atoms with Crippen LogP contribution < -0.4 is 11.1 Å². The van der Waals surface area contributed by atoms with E-state index in [-0.39, 0.29) is 22.4 Å². The molecule has 3 aromatic carbocycles. The zero-order chi connectivity index (χ0) is 24.0. The number of nitrogens with zero attached hydrogens (tertiary/aromatic N) is 1. The molecule has 0 spiro atoms. The summed E-state index contributed by atoms with van der Waals surface area (Å²) in [4.78, 5) is 23.6. The highest BCUT2D eigenvalue weighted by Gasteiger charge is 2.49. The number of carbonyl (C=O) groups is 1. The van der Waals surface area contributed by atoms with Crippen LogP contribution in [0.3, 0.4) is 0 Å². The Kier molecular flexibility index (Phi) is 7.38. The fourth-order valence-corrected chi connectivity index (χ4v) is 5.47. The topological polar surface area (TPSA) is 98.3 Å². The number of hydrogen-bond acceptors (Lipinski definition) is 4. The Balaban J connectivity index is 1.42. The molecule has 3 aromatic rings. The number of nitro benzene ring substituents is 1. The lowest BCUT2D eigenvalue weighted by molar-refractivity contribution is -0.384. The predicted molar refractivity (Wildman–Crippen MR) is 133 cm³/mol. The van der Waals surface area contributed by atoms with Gasteiger partial charge in [-0.3, -0.25) is 14.9 Å². The van der Waals surface area contributed by atoms with E-state index < -0.39 is 5.41 Å². The number of non-ortho nitro benzene ring substituents is 1. The number of hydrogen-bond donors (Lipinski definition) is 2. The Morgan fingerprint density at radius 3 is 2.06 bits per heavy atom. The normalized spacial score (nSPS) is 18.0. The summed E-state index contributed by atoms with van der Waals surface area (Å²) in [6.07, 6.45) is 4.60. The van der Waals surface area contributed by atoms with E-state index in [1.807, 2.05) is 72.8 Å². The van der Waals surface area contributed by atoms with E-state index in [1.54, 1.807) is 12.1 Å². The van der Waals surface area contributed by atoms with Crippen LogP contribution in [0.15, 0.2) is 84.9 Å². The molecule has 1 amide bonds. The van der Waals surface area contributed by atoms with E-state index in [1.165, 1.54) is 0 Å². The molecule has 0 heterocycles. The first kappa shape index (κ1) is 23.6. The first-order chi connectivity index (χ1) is 16.5. The molecule has 2 unspecified atom stereocenters. The van der Waals surface area contributed by atoms with Gasteiger partial charge in [-0.05, 0) is 61.3 Å². The van der Waals surface area contributed by atoms with E-state index in [9.17, 15) is 14.9 Å². The van der Waals surface area contributed by atoms with Gasteiger partial charge in [0.15, 0.2) is 0 Å². The average molecular weight is 458 g/mol. The Morgan fingerprint density at radius 1 is 0.941 bits per heavy atom. The van der Waals surface area contributed by atoms with E-state index in [0.717, 1.165) is 55.3 Å². The summed E-state index contributed by atoms with van der Waals surface area (Å²) in [6.45, 7) is 0.856. The third-order valence-electron chi connectivity index (χ3n) is 7.11. The monoisotopic (exact) mass is 457 g/mol. The molecule has 1 aliphatic carbocycles. The van der Waals surface area contributed by atoms with Crippen molar-refractivity contribution in [2.75, 3.05) is 6.54 Å². The number of rotatable bonds is 10. The highest BCUT2D eigenvalue weighted by atomic mass is 16.6. The second-order valence-electron chi connectivity index (χ2n) is 9.09. The van der Waals surface area contributed by atoms with Crippen LogP contribution >= 0.6 is 0 Å². The van der Waals surface area contributed by atoms with Gasteiger partial charge in [-0.1, -0.05) is 72.8 Å². The molecule has 4 rings (SSSR count). The maximum absolute atomic E-state index is 13.2. The van der Waals surface area contributed by atoms with Gasteiger partial charge in [0.25, 0.3) is 5.69 Å². The zero-order valence-corrected chi connectivity index (χ0v) is 19.2. The molecule has 0 aliphatic heterocycles. The minimum atomic E-state index is -0.849. The first-order valence-corrected chi connectivity index (χ1v) is 11.9. The highest BCUT2D eigenvalue weighted by molar-refractivity contribution is 5.91. The number of amides is 1. The van der Waals surface area contributed by atoms with Crippen LogP contribution in [0.1, 0.15) is 42.4 Å². The van der Waals surface area contributed by atoms with Crippen LogP contribution in [-0.2, 0) is 16.6 Å². The molecule has 1 saturated carbocycles. The number of aryl methyl sites for hydroxylation is 1. The average Bonchev–Trinajstić information content (AvgIpc) is 3.33. The van der Waals surface area contributed by atoms with Gasteiger partial charge in [0.1, 0.15) is 5.41 Å². The Bertz CT molecular complexity index is 1060. The lowest BCUT2D eigenvalue weighted by atomic mass is 9.64. The number of benzene rings is 3. The van der Waals surface area contributed by atoms with Gasteiger partial charge in [0, 0.05) is 18.2 Å². The van der Waals surface area contributed by atoms with Crippen molar-refractivity contribution in [1.82, 2.24) is 5.32 Å². The van der Waals surface area contributed by atoms with E-state index in [0.29, 0.717) is 6.04 Å². The van der Waals surface area contributed by atoms with Crippen molar-refractivity contribution in [2.24, 2.45) is 11.7 Å². The predicted octanol–water partition coefficient (Wildman–Crippen LogP) is 4.76. The van der Waals surface area contributed by atoms with Crippen molar-refractivity contribution in [3.8, 4) is 0 Å². The molecule has 1 aliphatic rings. The van der Waals surface area contributed by atoms with Crippen LogP contribution in [-0.4, -0.2) is 23.4 Å². The summed E-state index contributed by atoms with van der Waals surface area (Å²) in [5.41, 5.74) is 8.45. The number of nitro groups is 1. The quantitative estimate of drug-likeness (QED) is 0.261. The molecular formula is C28H31N3O3. The van der Waals surface area contributed by atoms with Crippen LogP contribution in [0, 0.1) is 16.0 Å². The SMILES string of the molecule is NC(=O)C(c1ccccc1)(c1ccccc1)C1CCC(NCCCc2ccc([N+](=O)[O-])cc2)C1. The van der Waals surface area contributed by atoms with Gasteiger partial charge >= 0.3 is 0 Å². The standard InChI is InChI=1S/C28H31N3O3/c29-27(32)28(22-9-3-1-4-10-22,23-11-5-2-6-12-23)24-15-16-25(20-24)30-19-7-8-21-13-17-26(18-14-21)31(33)34/h1-6,9-14,17-18,24-25,30H,7-8,15-16,19-20H2,(H2,29,32). The van der Waals surface area contributed by atoms with Gasteiger partial charge < -0.3 is 11.1 Å². The van der Waals surface area contributed by atoms with Crippen LogP contribution in [0.4, 0.5) is 5.69 Å². The summed E-state index contributed by atoms with van der Waals surface area (Å²) in [5, 5.41) is 14.5. The number of nitrogens with two attached hydrogens (primary N) is 1. The summed E-state index contributed by atoms with van der Waals surface area (Å²) < 4.78 is 0. The first-order valence-electron chi connectivity index (χ1n) is 11.9. The lowest BCUT2D eigenvalue weighted by Gasteiger charge is -2.37. The Hall–Kier alpha value is -3.51. The molecule has 2 atom stereocenters.